The summed E-state index contributed by atoms with van der Waals surface area (Å²) in [5.41, 5.74) is 0.192. The quantitative estimate of drug-likeness (QED) is 0.505. The molecule has 0 spiro atoms. The lowest BCUT2D eigenvalue weighted by Crippen LogP contribution is -2.10. The van der Waals surface area contributed by atoms with Gasteiger partial charge >= 0.3 is 0 Å². The van der Waals surface area contributed by atoms with Crippen LogP contribution in [0, 0.1) is 10.1 Å². The van der Waals surface area contributed by atoms with Gasteiger partial charge in [0.2, 0.25) is 0 Å². The van der Waals surface area contributed by atoms with Crippen LogP contribution in [0.15, 0.2) is 41.2 Å². The molecule has 9 heteroatoms. The first-order valence-electron chi connectivity index (χ1n) is 6.86. The fraction of sp³-hybridized carbons (Fsp3) is 0. The molecule has 2 aromatic carbocycles. The summed E-state index contributed by atoms with van der Waals surface area (Å²) in [6.45, 7) is 0. The number of benzene rings is 2. The molecule has 0 saturated heterocycles. The van der Waals surface area contributed by atoms with Crippen molar-refractivity contribution in [1.29, 1.82) is 0 Å². The number of nitro groups is 1. The summed E-state index contributed by atoms with van der Waals surface area (Å²) in [6, 6.07) is 8.64. The van der Waals surface area contributed by atoms with Gasteiger partial charge < -0.3 is 4.98 Å². The Morgan fingerprint density at radius 3 is 2.68 bits per heavy atom. The van der Waals surface area contributed by atoms with Crippen molar-refractivity contribution in [2.24, 2.45) is 0 Å². The third-order valence-electron chi connectivity index (χ3n) is 3.37. The van der Waals surface area contributed by atoms with E-state index in [2.05, 4.69) is 9.97 Å². The van der Waals surface area contributed by atoms with Crippen LogP contribution in [0.25, 0.3) is 22.0 Å². The Labute approximate surface area is 155 Å². The zero-order valence-corrected chi connectivity index (χ0v) is 14.6. The number of aromatic amines is 1. The van der Waals surface area contributed by atoms with Gasteiger partial charge in [0.1, 0.15) is 0 Å². The molecule has 0 aliphatic carbocycles. The number of rotatable bonds is 3. The summed E-state index contributed by atoms with van der Waals surface area (Å²) in [5.74, 6) is 0.101. The summed E-state index contributed by atoms with van der Waals surface area (Å²) in [4.78, 5) is 29.3. The highest BCUT2D eigenvalue weighted by molar-refractivity contribution is 6.51. The highest BCUT2D eigenvalue weighted by Gasteiger charge is 2.11. The molecule has 1 heterocycles. The smallest absolute Gasteiger partial charge is 0.270 e. The van der Waals surface area contributed by atoms with E-state index in [1.807, 2.05) is 0 Å². The van der Waals surface area contributed by atoms with Crippen molar-refractivity contribution in [2.75, 3.05) is 0 Å². The molecule has 0 atom stereocenters. The molecule has 25 heavy (non-hydrogen) atoms. The van der Waals surface area contributed by atoms with Gasteiger partial charge in [0.15, 0.2) is 5.82 Å². The van der Waals surface area contributed by atoms with E-state index in [9.17, 15) is 14.9 Å². The van der Waals surface area contributed by atoms with Crippen LogP contribution in [0.2, 0.25) is 10.0 Å². The second kappa shape index (κ2) is 6.84. The predicted molar refractivity (Wildman–Crippen MR) is 99.2 cm³/mol. The second-order valence-electron chi connectivity index (χ2n) is 5.03. The molecule has 0 unspecified atom stereocenters. The first kappa shape index (κ1) is 17.4. The minimum atomic E-state index is -0.542. The lowest BCUT2D eigenvalue weighted by atomic mass is 10.2. The van der Waals surface area contributed by atoms with Crippen molar-refractivity contribution < 1.29 is 4.92 Å². The lowest BCUT2D eigenvalue weighted by Gasteiger charge is -2.04. The predicted octanol–water partition coefficient (Wildman–Crippen LogP) is 4.88. The molecule has 0 aliphatic rings. The topological polar surface area (TPSA) is 88.9 Å². The molecule has 1 N–H and O–H groups in total. The van der Waals surface area contributed by atoms with Gasteiger partial charge in [0.25, 0.3) is 11.2 Å². The molecular weight excluding hydrogens is 389 g/mol. The van der Waals surface area contributed by atoms with Gasteiger partial charge in [-0.1, -0.05) is 34.8 Å². The van der Waals surface area contributed by atoms with Crippen molar-refractivity contribution in [3.63, 3.8) is 0 Å². The Balaban J connectivity index is 2.12. The molecule has 0 saturated carbocycles. The fourth-order valence-electron chi connectivity index (χ4n) is 2.19. The minimum absolute atomic E-state index is 0.0707. The van der Waals surface area contributed by atoms with E-state index < -0.39 is 4.92 Å². The molecule has 0 radical (unpaired) electrons. The van der Waals surface area contributed by atoms with Crippen molar-refractivity contribution in [1.82, 2.24) is 9.97 Å². The number of aromatic nitrogens is 2. The molecule has 126 valence electrons. The number of hydrogen-bond acceptors (Lipinski definition) is 4. The molecule has 3 aromatic rings. The zero-order chi connectivity index (χ0) is 18.1. The summed E-state index contributed by atoms with van der Waals surface area (Å²) < 4.78 is 0. The molecule has 0 bridgehead atoms. The lowest BCUT2D eigenvalue weighted by molar-refractivity contribution is -0.384. The van der Waals surface area contributed by atoms with Crippen molar-refractivity contribution >= 4 is 62.5 Å². The first-order valence-corrected chi connectivity index (χ1v) is 7.99. The van der Waals surface area contributed by atoms with Gasteiger partial charge in [-0.2, -0.15) is 0 Å². The van der Waals surface area contributed by atoms with Crippen LogP contribution >= 0.6 is 34.8 Å². The Bertz CT molecular complexity index is 1090. The normalized spacial score (nSPS) is 11.7. The summed E-state index contributed by atoms with van der Waals surface area (Å²) >= 11 is 18.2. The average Bonchev–Trinajstić information content (AvgIpc) is 2.56. The standard InChI is InChI=1S/C16H8Cl3N3O3/c17-9-1-3-11-14(7-9)20-15(21-16(11)23)13(19)6-8-5-10(22(24)25)2-4-12(8)18/h1-7H,(H,20,21,23)/b13-6+. The van der Waals surface area contributed by atoms with Gasteiger partial charge in [0.05, 0.1) is 20.9 Å². The minimum Gasteiger partial charge on any atom is -0.305 e. The number of nitro benzene ring substituents is 1. The van der Waals surface area contributed by atoms with Gasteiger partial charge in [-0.05, 0) is 30.3 Å². The summed E-state index contributed by atoms with van der Waals surface area (Å²) in [7, 11) is 0. The Hall–Kier alpha value is -2.41. The molecule has 1 aromatic heterocycles. The van der Waals surface area contributed by atoms with Gasteiger partial charge in [0, 0.05) is 27.7 Å². The van der Waals surface area contributed by atoms with Gasteiger partial charge in [-0.15, -0.1) is 0 Å². The van der Waals surface area contributed by atoms with Crippen LogP contribution < -0.4 is 5.56 Å². The fourth-order valence-corrected chi connectivity index (χ4v) is 2.73. The Morgan fingerprint density at radius 1 is 1.20 bits per heavy atom. The maximum atomic E-state index is 12.1. The molecule has 0 amide bonds. The summed E-state index contributed by atoms with van der Waals surface area (Å²) in [6.07, 6.45) is 1.39. The number of halogens is 3. The maximum absolute atomic E-state index is 12.1. The molecular formula is C16H8Cl3N3O3. The van der Waals surface area contributed by atoms with E-state index >= 15 is 0 Å². The second-order valence-corrected chi connectivity index (χ2v) is 6.28. The Kier molecular flexibility index (Phi) is 4.76. The first-order chi connectivity index (χ1) is 11.8. The number of fused-ring (bicyclic) bond motifs is 1. The van der Waals surface area contributed by atoms with Crippen LogP contribution in [0.3, 0.4) is 0 Å². The third kappa shape index (κ3) is 3.66. The van der Waals surface area contributed by atoms with Gasteiger partial charge in [-0.3, -0.25) is 14.9 Å². The molecule has 3 rings (SSSR count). The van der Waals surface area contributed by atoms with Gasteiger partial charge in [-0.25, -0.2) is 4.98 Å². The number of H-pyrrole nitrogens is 1. The number of nitrogens with one attached hydrogen (secondary N) is 1. The maximum Gasteiger partial charge on any atom is 0.270 e. The zero-order valence-electron chi connectivity index (χ0n) is 12.3. The van der Waals surface area contributed by atoms with E-state index in [-0.39, 0.29) is 27.1 Å². The highest BCUT2D eigenvalue weighted by Crippen LogP contribution is 2.27. The number of nitrogens with zero attached hydrogens (tertiary/aromatic N) is 2. The van der Waals surface area contributed by atoms with Crippen LogP contribution in [0.1, 0.15) is 11.4 Å². The van der Waals surface area contributed by atoms with E-state index in [0.717, 1.165) is 0 Å². The monoisotopic (exact) mass is 395 g/mol. The number of non-ortho nitro benzene ring substituents is 1. The van der Waals surface area contributed by atoms with Crippen LogP contribution in [-0.4, -0.2) is 14.9 Å². The van der Waals surface area contributed by atoms with Crippen LogP contribution in [0.4, 0.5) is 5.69 Å². The molecule has 0 fully saturated rings. The average molecular weight is 397 g/mol. The Morgan fingerprint density at radius 2 is 1.96 bits per heavy atom. The third-order valence-corrected chi connectivity index (χ3v) is 4.23. The van der Waals surface area contributed by atoms with E-state index in [1.165, 1.54) is 24.3 Å². The van der Waals surface area contributed by atoms with E-state index in [4.69, 9.17) is 34.8 Å². The van der Waals surface area contributed by atoms with E-state index in [0.29, 0.717) is 21.5 Å². The highest BCUT2D eigenvalue weighted by atomic mass is 35.5. The molecule has 0 aliphatic heterocycles. The molecule has 6 nitrogen and oxygen atoms in total. The SMILES string of the molecule is O=c1[nH]c(/C(Cl)=C\c2cc([N+](=O)[O-])ccc2Cl)nc2cc(Cl)ccc12. The van der Waals surface area contributed by atoms with Crippen molar-refractivity contribution in [2.45, 2.75) is 0 Å². The van der Waals surface area contributed by atoms with Crippen LogP contribution in [-0.2, 0) is 0 Å². The largest absolute Gasteiger partial charge is 0.305 e. The van der Waals surface area contributed by atoms with Crippen molar-refractivity contribution in [3.8, 4) is 0 Å². The van der Waals surface area contributed by atoms with Crippen LogP contribution in [0.5, 0.6) is 0 Å². The number of hydrogen-bond donors (Lipinski definition) is 1. The summed E-state index contributed by atoms with van der Waals surface area (Å²) in [5, 5.41) is 12.0. The van der Waals surface area contributed by atoms with Crippen molar-refractivity contribution in [3.05, 3.63) is 78.3 Å². The van der Waals surface area contributed by atoms with E-state index in [1.54, 1.807) is 18.2 Å².